The van der Waals surface area contributed by atoms with Crippen molar-refractivity contribution in [3.63, 3.8) is 0 Å². The summed E-state index contributed by atoms with van der Waals surface area (Å²) < 4.78 is 26.6. The Morgan fingerprint density at radius 1 is 1.28 bits per heavy atom. The van der Waals surface area contributed by atoms with E-state index in [1.165, 1.54) is 25.7 Å². The molecule has 11 nitrogen and oxygen atoms in total. The minimum atomic E-state index is -0.600. The van der Waals surface area contributed by atoms with E-state index in [9.17, 15) is 9.18 Å². The zero-order chi connectivity index (χ0) is 22.2. The van der Waals surface area contributed by atoms with E-state index in [1.807, 2.05) is 0 Å². The molecule has 0 radical (unpaired) electrons. The van der Waals surface area contributed by atoms with Gasteiger partial charge in [-0.05, 0) is 12.1 Å². The lowest BCUT2D eigenvalue weighted by Crippen LogP contribution is -2.31. The maximum absolute atomic E-state index is 14.0. The van der Waals surface area contributed by atoms with Gasteiger partial charge >= 0.3 is 0 Å². The topological polar surface area (TPSA) is 124 Å². The summed E-state index contributed by atoms with van der Waals surface area (Å²) in [5, 5.41) is 4.16. The van der Waals surface area contributed by atoms with Gasteiger partial charge in [-0.15, -0.1) is 0 Å². The van der Waals surface area contributed by atoms with Crippen molar-refractivity contribution in [2.24, 2.45) is 7.05 Å². The smallest absolute Gasteiger partial charge is 0.274 e. The van der Waals surface area contributed by atoms with Crippen LogP contribution in [0.5, 0.6) is 11.8 Å². The number of hydrogen-bond acceptors (Lipinski definition) is 8. The summed E-state index contributed by atoms with van der Waals surface area (Å²) in [7, 11) is 3.11. The molecule has 1 unspecified atom stereocenters. The lowest BCUT2D eigenvalue weighted by Gasteiger charge is -2.16. The third-order valence-electron chi connectivity index (χ3n) is 5.17. The highest BCUT2D eigenvalue weighted by Crippen LogP contribution is 2.27. The molecule has 0 bridgehead atoms. The monoisotopic (exact) mass is 438 g/mol. The normalized spacial score (nSPS) is 16.0. The molecule has 1 aliphatic heterocycles. The number of carbonyl (C=O) groups is 1. The fraction of sp³-hybridized carbons (Fsp3) is 0.300. The Morgan fingerprint density at radius 2 is 2.16 bits per heavy atom. The summed E-state index contributed by atoms with van der Waals surface area (Å²) in [5.41, 5.74) is 1.69. The van der Waals surface area contributed by atoms with Crippen LogP contribution < -0.4 is 9.47 Å². The minimum Gasteiger partial charge on any atom is -0.479 e. The van der Waals surface area contributed by atoms with E-state index in [-0.39, 0.29) is 17.9 Å². The molecule has 5 rings (SSSR count). The summed E-state index contributed by atoms with van der Waals surface area (Å²) in [4.78, 5) is 34.1. The molecular weight excluding hydrogens is 419 g/mol. The molecule has 1 N–H and O–H groups in total. The molecule has 0 aliphatic carbocycles. The van der Waals surface area contributed by atoms with Crippen molar-refractivity contribution in [3.8, 4) is 23.1 Å². The highest BCUT2D eigenvalue weighted by molar-refractivity contribution is 5.92. The second-order valence-electron chi connectivity index (χ2n) is 7.33. The van der Waals surface area contributed by atoms with Crippen LogP contribution in [0.4, 0.5) is 4.39 Å². The largest absolute Gasteiger partial charge is 0.479 e. The predicted octanol–water partition coefficient (Wildman–Crippen LogP) is 1.59. The number of aromatic nitrogens is 7. The van der Waals surface area contributed by atoms with Gasteiger partial charge in [-0.25, -0.2) is 19.3 Å². The van der Waals surface area contributed by atoms with E-state index in [4.69, 9.17) is 9.47 Å². The second kappa shape index (κ2) is 7.87. The number of ether oxygens (including phenoxy) is 2. The van der Waals surface area contributed by atoms with Crippen molar-refractivity contribution in [2.75, 3.05) is 20.2 Å². The van der Waals surface area contributed by atoms with Gasteiger partial charge in [0.1, 0.15) is 29.5 Å². The van der Waals surface area contributed by atoms with Gasteiger partial charge in [0.2, 0.25) is 11.8 Å². The molecule has 0 aromatic carbocycles. The third-order valence-corrected chi connectivity index (χ3v) is 5.17. The van der Waals surface area contributed by atoms with Crippen LogP contribution in [-0.2, 0) is 7.05 Å². The molecule has 1 saturated heterocycles. The van der Waals surface area contributed by atoms with Gasteiger partial charge in [0.05, 0.1) is 13.7 Å². The van der Waals surface area contributed by atoms with Crippen LogP contribution in [0.15, 0.2) is 30.9 Å². The number of carbonyl (C=O) groups excluding carboxylic acids is 1. The highest BCUT2D eigenvalue weighted by Gasteiger charge is 2.30. The average Bonchev–Trinajstić information content (AvgIpc) is 3.53. The van der Waals surface area contributed by atoms with Crippen LogP contribution in [0, 0.1) is 5.82 Å². The third kappa shape index (κ3) is 3.59. The van der Waals surface area contributed by atoms with Gasteiger partial charge < -0.3 is 19.4 Å². The van der Waals surface area contributed by atoms with Gasteiger partial charge in [0.25, 0.3) is 5.91 Å². The van der Waals surface area contributed by atoms with Crippen LogP contribution in [0.25, 0.3) is 22.6 Å². The first-order valence-electron chi connectivity index (χ1n) is 9.88. The number of nitrogens with one attached hydrogen (secondary N) is 1. The Hall–Kier alpha value is -4.09. The maximum atomic E-state index is 14.0. The van der Waals surface area contributed by atoms with Gasteiger partial charge in [-0.1, -0.05) is 0 Å². The quantitative estimate of drug-likeness (QED) is 0.498. The number of H-pyrrole nitrogens is 1. The van der Waals surface area contributed by atoms with Crippen LogP contribution in [-0.4, -0.2) is 71.8 Å². The standard InChI is InChI=1S/C20H19FN8O3/c1-28-5-4-14(27-28)20(30)29-6-3-12(9-29)32-19-15-17(23-10-24-19)26-16(25-15)11-7-13(21)18(31-2)22-8-11/h4-5,7-8,10,12H,3,6,9H2,1-2H3,(H,23,24,25,26). The van der Waals surface area contributed by atoms with E-state index < -0.39 is 5.82 Å². The molecule has 4 aromatic heterocycles. The zero-order valence-electron chi connectivity index (χ0n) is 17.3. The fourth-order valence-corrected chi connectivity index (χ4v) is 3.60. The summed E-state index contributed by atoms with van der Waals surface area (Å²) >= 11 is 0. The lowest BCUT2D eigenvalue weighted by atomic mass is 10.2. The first-order chi connectivity index (χ1) is 15.5. The molecule has 164 valence electrons. The van der Waals surface area contributed by atoms with Gasteiger partial charge in [-0.2, -0.15) is 10.1 Å². The fourth-order valence-electron chi connectivity index (χ4n) is 3.60. The Balaban J connectivity index is 1.35. The number of halogens is 1. The molecule has 12 heteroatoms. The summed E-state index contributed by atoms with van der Waals surface area (Å²) in [6.07, 6.45) is 4.94. The number of amides is 1. The van der Waals surface area contributed by atoms with E-state index in [1.54, 1.807) is 28.9 Å². The molecule has 32 heavy (non-hydrogen) atoms. The van der Waals surface area contributed by atoms with Crippen molar-refractivity contribution in [1.29, 1.82) is 0 Å². The van der Waals surface area contributed by atoms with Crippen molar-refractivity contribution < 1.29 is 18.7 Å². The van der Waals surface area contributed by atoms with Crippen LogP contribution in [0.2, 0.25) is 0 Å². The molecule has 5 heterocycles. The van der Waals surface area contributed by atoms with E-state index in [0.29, 0.717) is 53.6 Å². The number of aryl methyl sites for hydroxylation is 1. The van der Waals surface area contributed by atoms with Crippen LogP contribution in [0.3, 0.4) is 0 Å². The minimum absolute atomic E-state index is 0.0975. The second-order valence-corrected chi connectivity index (χ2v) is 7.33. The molecule has 0 spiro atoms. The van der Waals surface area contributed by atoms with E-state index in [2.05, 4.69) is 30.0 Å². The van der Waals surface area contributed by atoms with E-state index >= 15 is 0 Å². The number of nitrogens with zero attached hydrogens (tertiary/aromatic N) is 7. The molecular formula is C20H19FN8O3. The SMILES string of the molecule is COc1ncc(-c2nc3ncnc(OC4CCN(C(=O)c5ccn(C)n5)C4)c3[nH]2)cc1F. The number of hydrogen-bond donors (Lipinski definition) is 1. The molecule has 0 saturated carbocycles. The van der Waals surface area contributed by atoms with Crippen LogP contribution >= 0.6 is 0 Å². The summed E-state index contributed by atoms with van der Waals surface area (Å²) in [6, 6.07) is 2.96. The van der Waals surface area contributed by atoms with E-state index in [0.717, 1.165) is 0 Å². The predicted molar refractivity (Wildman–Crippen MR) is 110 cm³/mol. The van der Waals surface area contributed by atoms with Gasteiger partial charge in [0.15, 0.2) is 11.5 Å². The number of fused-ring (bicyclic) bond motifs is 1. The Labute approximate surface area is 181 Å². The summed E-state index contributed by atoms with van der Waals surface area (Å²) in [6.45, 7) is 0.967. The maximum Gasteiger partial charge on any atom is 0.274 e. The Morgan fingerprint density at radius 3 is 2.91 bits per heavy atom. The molecule has 1 aliphatic rings. The van der Waals surface area contributed by atoms with Crippen molar-refractivity contribution in [1.82, 2.24) is 39.6 Å². The molecule has 1 fully saturated rings. The van der Waals surface area contributed by atoms with Crippen LogP contribution in [0.1, 0.15) is 16.9 Å². The zero-order valence-corrected chi connectivity index (χ0v) is 17.3. The van der Waals surface area contributed by atoms with Gasteiger partial charge in [-0.3, -0.25) is 9.48 Å². The number of aromatic amines is 1. The summed E-state index contributed by atoms with van der Waals surface area (Å²) in [5.74, 6) is -0.149. The lowest BCUT2D eigenvalue weighted by molar-refractivity contribution is 0.0765. The number of pyridine rings is 1. The first kappa shape index (κ1) is 19.8. The number of imidazole rings is 1. The number of methoxy groups -OCH3 is 1. The Kier molecular flexibility index (Phi) is 4.88. The molecule has 4 aromatic rings. The Bertz CT molecular complexity index is 1300. The van der Waals surface area contributed by atoms with Gasteiger partial charge in [0, 0.05) is 38.0 Å². The average molecular weight is 438 g/mol. The van der Waals surface area contributed by atoms with Crippen molar-refractivity contribution in [2.45, 2.75) is 12.5 Å². The van der Waals surface area contributed by atoms with Crippen molar-refractivity contribution in [3.05, 3.63) is 42.4 Å². The molecule has 1 atom stereocenters. The highest BCUT2D eigenvalue weighted by atomic mass is 19.1. The van der Waals surface area contributed by atoms with Crippen molar-refractivity contribution >= 4 is 17.1 Å². The number of rotatable bonds is 5. The number of likely N-dealkylation sites (tertiary alicyclic amines) is 1. The molecule has 1 amide bonds. The first-order valence-corrected chi connectivity index (χ1v) is 9.88.